The van der Waals surface area contributed by atoms with E-state index in [0.717, 1.165) is 32.6 Å². The van der Waals surface area contributed by atoms with Crippen molar-refractivity contribution in [3.05, 3.63) is 28.4 Å². The van der Waals surface area contributed by atoms with E-state index in [-0.39, 0.29) is 5.69 Å². The molecule has 2 rings (SSSR count). The van der Waals surface area contributed by atoms with Crippen LogP contribution in [0.3, 0.4) is 0 Å². The smallest absolute Gasteiger partial charge is 0.311 e. The second kappa shape index (κ2) is 6.65. The molecular weight excluding hydrogens is 256 g/mol. The van der Waals surface area contributed by atoms with Gasteiger partial charge in [-0.15, -0.1) is 0 Å². The van der Waals surface area contributed by atoms with Gasteiger partial charge < -0.3 is 10.2 Å². The Morgan fingerprint density at radius 2 is 2.40 bits per heavy atom. The largest absolute Gasteiger partial charge is 0.364 e. The van der Waals surface area contributed by atoms with Crippen molar-refractivity contribution < 1.29 is 4.92 Å². The Labute approximate surface area is 119 Å². The molecule has 1 N–H and O–H groups in total. The van der Waals surface area contributed by atoms with Crippen LogP contribution in [0.1, 0.15) is 20.3 Å². The molecule has 110 valence electrons. The van der Waals surface area contributed by atoms with E-state index in [0.29, 0.717) is 17.7 Å². The van der Waals surface area contributed by atoms with Crippen molar-refractivity contribution in [1.29, 1.82) is 0 Å². The van der Waals surface area contributed by atoms with Crippen LogP contribution in [0.2, 0.25) is 0 Å². The lowest BCUT2D eigenvalue weighted by Crippen LogP contribution is -2.26. The molecule has 1 aromatic heterocycles. The van der Waals surface area contributed by atoms with E-state index in [1.54, 1.807) is 12.3 Å². The molecule has 1 fully saturated rings. The fraction of sp³-hybridized carbons (Fsp3) is 0.643. The number of hydrogen-bond donors (Lipinski definition) is 1. The second-order valence-corrected chi connectivity index (χ2v) is 5.82. The van der Waals surface area contributed by atoms with E-state index in [1.165, 1.54) is 6.07 Å². The molecule has 0 saturated carbocycles. The zero-order chi connectivity index (χ0) is 14.5. The minimum Gasteiger partial charge on any atom is -0.364 e. The summed E-state index contributed by atoms with van der Waals surface area (Å²) in [6, 6.07) is 3.07. The molecular formula is C14H22N4O2. The quantitative estimate of drug-likeness (QED) is 0.639. The van der Waals surface area contributed by atoms with E-state index in [9.17, 15) is 10.1 Å². The first-order valence-electron chi connectivity index (χ1n) is 7.12. The lowest BCUT2D eigenvalue weighted by atomic mass is 10.1. The van der Waals surface area contributed by atoms with Crippen molar-refractivity contribution in [2.24, 2.45) is 11.8 Å². The van der Waals surface area contributed by atoms with Crippen LogP contribution in [0.25, 0.3) is 0 Å². The minimum atomic E-state index is -0.394. The van der Waals surface area contributed by atoms with Gasteiger partial charge in [0.15, 0.2) is 0 Å². The Morgan fingerprint density at radius 1 is 1.60 bits per heavy atom. The van der Waals surface area contributed by atoms with Gasteiger partial charge in [-0.25, -0.2) is 4.98 Å². The summed E-state index contributed by atoms with van der Waals surface area (Å²) in [7, 11) is 0. The van der Waals surface area contributed by atoms with Crippen LogP contribution >= 0.6 is 0 Å². The molecule has 0 amide bonds. The van der Waals surface area contributed by atoms with Crippen LogP contribution in [-0.2, 0) is 0 Å². The number of pyridine rings is 1. The van der Waals surface area contributed by atoms with Crippen molar-refractivity contribution >= 4 is 11.5 Å². The molecule has 0 aliphatic carbocycles. The van der Waals surface area contributed by atoms with Gasteiger partial charge >= 0.3 is 5.69 Å². The highest BCUT2D eigenvalue weighted by Gasteiger charge is 2.23. The van der Waals surface area contributed by atoms with Gasteiger partial charge in [0.2, 0.25) is 5.82 Å². The molecule has 1 aliphatic rings. The van der Waals surface area contributed by atoms with Crippen LogP contribution < -0.4 is 5.32 Å². The molecule has 1 saturated heterocycles. The van der Waals surface area contributed by atoms with E-state index in [1.807, 2.05) is 0 Å². The Bertz CT molecular complexity index is 464. The van der Waals surface area contributed by atoms with Crippen LogP contribution in [0.4, 0.5) is 11.5 Å². The maximum absolute atomic E-state index is 10.9. The zero-order valence-electron chi connectivity index (χ0n) is 12.1. The van der Waals surface area contributed by atoms with Gasteiger partial charge in [-0.2, -0.15) is 0 Å². The standard InChI is InChI=1S/C14H22N4O2/c1-11(2)9-17-7-5-12(10-17)8-16-14-13(18(19)20)4-3-6-15-14/h3-4,6,11-12H,5,7-10H2,1-2H3,(H,15,16). The Morgan fingerprint density at radius 3 is 3.10 bits per heavy atom. The number of aromatic nitrogens is 1. The molecule has 1 unspecified atom stereocenters. The molecule has 0 bridgehead atoms. The summed E-state index contributed by atoms with van der Waals surface area (Å²) in [4.78, 5) is 17.0. The van der Waals surface area contributed by atoms with Gasteiger partial charge in [-0.05, 0) is 30.9 Å². The van der Waals surface area contributed by atoms with E-state index >= 15 is 0 Å². The van der Waals surface area contributed by atoms with Gasteiger partial charge in [0, 0.05) is 31.9 Å². The van der Waals surface area contributed by atoms with Crippen molar-refractivity contribution in [2.45, 2.75) is 20.3 Å². The molecule has 2 heterocycles. The van der Waals surface area contributed by atoms with Crippen LogP contribution in [0, 0.1) is 22.0 Å². The number of nitrogens with zero attached hydrogens (tertiary/aromatic N) is 3. The van der Waals surface area contributed by atoms with Crippen molar-refractivity contribution in [1.82, 2.24) is 9.88 Å². The lowest BCUT2D eigenvalue weighted by molar-refractivity contribution is -0.384. The van der Waals surface area contributed by atoms with Gasteiger partial charge in [-0.1, -0.05) is 13.8 Å². The third kappa shape index (κ3) is 3.90. The summed E-state index contributed by atoms with van der Waals surface area (Å²) in [5.41, 5.74) is 0.0459. The van der Waals surface area contributed by atoms with E-state index in [4.69, 9.17) is 0 Å². The third-order valence-electron chi connectivity index (χ3n) is 3.53. The summed E-state index contributed by atoms with van der Waals surface area (Å²) in [6.07, 6.45) is 2.72. The van der Waals surface area contributed by atoms with Gasteiger partial charge in [0.25, 0.3) is 0 Å². The Hall–Kier alpha value is -1.69. The summed E-state index contributed by atoms with van der Waals surface area (Å²) in [5.74, 6) is 1.59. The topological polar surface area (TPSA) is 71.3 Å². The molecule has 6 nitrogen and oxygen atoms in total. The maximum Gasteiger partial charge on any atom is 0.311 e. The highest BCUT2D eigenvalue weighted by molar-refractivity contribution is 5.55. The molecule has 1 aliphatic heterocycles. The molecule has 0 spiro atoms. The summed E-state index contributed by atoms with van der Waals surface area (Å²) in [5, 5.41) is 14.0. The third-order valence-corrected chi connectivity index (χ3v) is 3.53. The SMILES string of the molecule is CC(C)CN1CCC(CNc2ncccc2[N+](=O)[O-])C1. The van der Waals surface area contributed by atoms with Gasteiger partial charge in [-0.3, -0.25) is 10.1 Å². The number of anilines is 1. The summed E-state index contributed by atoms with van der Waals surface area (Å²) in [6.45, 7) is 8.50. The maximum atomic E-state index is 10.9. The number of nitro groups is 1. The van der Waals surface area contributed by atoms with E-state index < -0.39 is 4.92 Å². The first kappa shape index (κ1) is 14.7. The summed E-state index contributed by atoms with van der Waals surface area (Å²) < 4.78 is 0. The first-order chi connectivity index (χ1) is 9.56. The minimum absolute atomic E-state index is 0.0459. The van der Waals surface area contributed by atoms with Gasteiger partial charge in [0.05, 0.1) is 4.92 Å². The normalized spacial score (nSPS) is 19.4. The predicted octanol–water partition coefficient (Wildman–Crippen LogP) is 2.38. The van der Waals surface area contributed by atoms with Crippen molar-refractivity contribution in [3.63, 3.8) is 0 Å². The van der Waals surface area contributed by atoms with Crippen molar-refractivity contribution in [3.8, 4) is 0 Å². The Balaban J connectivity index is 1.86. The highest BCUT2D eigenvalue weighted by atomic mass is 16.6. The zero-order valence-corrected chi connectivity index (χ0v) is 12.1. The molecule has 1 atom stereocenters. The molecule has 6 heteroatoms. The number of likely N-dealkylation sites (tertiary alicyclic amines) is 1. The fourth-order valence-electron chi connectivity index (χ4n) is 2.68. The number of rotatable bonds is 6. The van der Waals surface area contributed by atoms with Crippen LogP contribution in [-0.4, -0.2) is 41.0 Å². The number of hydrogen-bond acceptors (Lipinski definition) is 5. The van der Waals surface area contributed by atoms with Crippen molar-refractivity contribution in [2.75, 3.05) is 31.5 Å². The molecule has 0 radical (unpaired) electrons. The first-order valence-corrected chi connectivity index (χ1v) is 7.12. The van der Waals surface area contributed by atoms with Crippen LogP contribution in [0.15, 0.2) is 18.3 Å². The molecule has 0 aromatic carbocycles. The average Bonchev–Trinajstić information content (AvgIpc) is 2.83. The number of nitrogens with one attached hydrogen (secondary N) is 1. The monoisotopic (exact) mass is 278 g/mol. The molecule has 20 heavy (non-hydrogen) atoms. The summed E-state index contributed by atoms with van der Waals surface area (Å²) >= 11 is 0. The highest BCUT2D eigenvalue weighted by Crippen LogP contribution is 2.22. The second-order valence-electron chi connectivity index (χ2n) is 5.82. The van der Waals surface area contributed by atoms with Gasteiger partial charge in [0.1, 0.15) is 0 Å². The fourth-order valence-corrected chi connectivity index (χ4v) is 2.68. The van der Waals surface area contributed by atoms with E-state index in [2.05, 4.69) is 29.0 Å². The Kier molecular flexibility index (Phi) is 4.89. The lowest BCUT2D eigenvalue weighted by Gasteiger charge is -2.18. The predicted molar refractivity (Wildman–Crippen MR) is 78.8 cm³/mol. The average molecular weight is 278 g/mol. The van der Waals surface area contributed by atoms with Crippen LogP contribution in [0.5, 0.6) is 0 Å². The molecule has 1 aromatic rings.